The van der Waals surface area contributed by atoms with Crippen molar-refractivity contribution in [2.45, 2.75) is 19.8 Å². The first-order valence-electron chi connectivity index (χ1n) is 5.73. The third kappa shape index (κ3) is 2.47. The average Bonchev–Trinajstić information content (AvgIpc) is 2.33. The lowest BCUT2D eigenvalue weighted by atomic mass is 9.98. The Morgan fingerprint density at radius 1 is 0.941 bits per heavy atom. The summed E-state index contributed by atoms with van der Waals surface area (Å²) in [6, 6.07) is 13.1. The standard InChI is InChI=1S/C15H16FN/c1-10(2)11-3-5-12(6-4-11)13-7-8-14(16)15(17)9-13/h3-10H,17H2,1-2H3. The highest BCUT2D eigenvalue weighted by Gasteiger charge is 2.03. The molecule has 2 heteroatoms. The minimum absolute atomic E-state index is 0.190. The van der Waals surface area contributed by atoms with Gasteiger partial charge in [-0.2, -0.15) is 0 Å². The van der Waals surface area contributed by atoms with Crippen LogP contribution in [0.15, 0.2) is 42.5 Å². The van der Waals surface area contributed by atoms with Crippen LogP contribution in [0.25, 0.3) is 11.1 Å². The second kappa shape index (κ2) is 4.58. The van der Waals surface area contributed by atoms with Gasteiger partial charge in [-0.05, 0) is 34.7 Å². The van der Waals surface area contributed by atoms with Gasteiger partial charge in [-0.15, -0.1) is 0 Å². The Morgan fingerprint density at radius 2 is 1.53 bits per heavy atom. The fraction of sp³-hybridized carbons (Fsp3) is 0.200. The molecule has 0 heterocycles. The summed E-state index contributed by atoms with van der Waals surface area (Å²) in [4.78, 5) is 0. The van der Waals surface area contributed by atoms with Gasteiger partial charge in [-0.1, -0.05) is 44.2 Å². The molecular formula is C15H16FN. The van der Waals surface area contributed by atoms with E-state index in [0.29, 0.717) is 5.92 Å². The van der Waals surface area contributed by atoms with Crippen molar-refractivity contribution >= 4 is 5.69 Å². The van der Waals surface area contributed by atoms with Gasteiger partial charge in [-0.25, -0.2) is 4.39 Å². The summed E-state index contributed by atoms with van der Waals surface area (Å²) in [5.74, 6) is 0.148. The molecule has 2 N–H and O–H groups in total. The quantitative estimate of drug-likeness (QED) is 0.767. The molecule has 17 heavy (non-hydrogen) atoms. The molecule has 0 fully saturated rings. The Kier molecular flexibility index (Phi) is 3.14. The molecule has 88 valence electrons. The van der Waals surface area contributed by atoms with E-state index in [1.807, 2.05) is 12.1 Å². The first-order valence-corrected chi connectivity index (χ1v) is 5.73. The number of benzene rings is 2. The monoisotopic (exact) mass is 229 g/mol. The van der Waals surface area contributed by atoms with Crippen molar-refractivity contribution in [3.63, 3.8) is 0 Å². The number of nitrogen functional groups attached to an aromatic ring is 1. The van der Waals surface area contributed by atoms with Gasteiger partial charge < -0.3 is 5.73 Å². The molecule has 0 aromatic heterocycles. The highest BCUT2D eigenvalue weighted by molar-refractivity contribution is 5.67. The van der Waals surface area contributed by atoms with Crippen LogP contribution in [-0.2, 0) is 0 Å². The molecule has 0 unspecified atom stereocenters. The highest BCUT2D eigenvalue weighted by atomic mass is 19.1. The molecule has 0 bridgehead atoms. The molecule has 0 aliphatic heterocycles. The lowest BCUT2D eigenvalue weighted by molar-refractivity contribution is 0.632. The van der Waals surface area contributed by atoms with Gasteiger partial charge in [0.2, 0.25) is 0 Å². The topological polar surface area (TPSA) is 26.0 Å². The third-order valence-electron chi connectivity index (χ3n) is 2.91. The normalized spacial score (nSPS) is 10.8. The Hall–Kier alpha value is -1.83. The first kappa shape index (κ1) is 11.6. The fourth-order valence-corrected chi connectivity index (χ4v) is 1.78. The number of nitrogens with two attached hydrogens (primary N) is 1. The van der Waals surface area contributed by atoms with Crippen LogP contribution in [-0.4, -0.2) is 0 Å². The maximum Gasteiger partial charge on any atom is 0.146 e. The van der Waals surface area contributed by atoms with Gasteiger partial charge >= 0.3 is 0 Å². The summed E-state index contributed by atoms with van der Waals surface area (Å²) < 4.78 is 13.1. The Balaban J connectivity index is 2.36. The average molecular weight is 229 g/mol. The number of rotatable bonds is 2. The van der Waals surface area contributed by atoms with E-state index in [2.05, 4.69) is 26.0 Å². The van der Waals surface area contributed by atoms with Crippen LogP contribution in [0.4, 0.5) is 10.1 Å². The largest absolute Gasteiger partial charge is 0.396 e. The molecule has 0 saturated carbocycles. The minimum atomic E-state index is -0.368. The maximum absolute atomic E-state index is 13.1. The van der Waals surface area contributed by atoms with Gasteiger partial charge in [0.05, 0.1) is 5.69 Å². The van der Waals surface area contributed by atoms with E-state index in [0.717, 1.165) is 11.1 Å². The number of anilines is 1. The van der Waals surface area contributed by atoms with Crippen molar-refractivity contribution in [3.8, 4) is 11.1 Å². The van der Waals surface area contributed by atoms with Crippen molar-refractivity contribution in [2.75, 3.05) is 5.73 Å². The van der Waals surface area contributed by atoms with Crippen LogP contribution in [0.2, 0.25) is 0 Å². The predicted molar refractivity (Wildman–Crippen MR) is 70.3 cm³/mol. The number of hydrogen-bond donors (Lipinski definition) is 1. The Labute approximate surface area is 101 Å². The lowest BCUT2D eigenvalue weighted by Crippen LogP contribution is -1.91. The molecule has 2 aromatic rings. The van der Waals surface area contributed by atoms with E-state index in [1.165, 1.54) is 11.6 Å². The summed E-state index contributed by atoms with van der Waals surface area (Å²) in [5, 5.41) is 0. The maximum atomic E-state index is 13.1. The fourth-order valence-electron chi connectivity index (χ4n) is 1.78. The Bertz CT molecular complexity index is 515. The molecule has 0 aliphatic carbocycles. The zero-order chi connectivity index (χ0) is 12.4. The molecular weight excluding hydrogens is 213 g/mol. The number of halogens is 1. The van der Waals surface area contributed by atoms with Crippen LogP contribution in [0.3, 0.4) is 0 Å². The van der Waals surface area contributed by atoms with E-state index in [4.69, 9.17) is 5.73 Å². The minimum Gasteiger partial charge on any atom is -0.396 e. The predicted octanol–water partition coefficient (Wildman–Crippen LogP) is 4.20. The molecule has 0 radical (unpaired) electrons. The van der Waals surface area contributed by atoms with E-state index in [1.54, 1.807) is 12.1 Å². The van der Waals surface area contributed by atoms with Crippen LogP contribution in [0.1, 0.15) is 25.3 Å². The van der Waals surface area contributed by atoms with Crippen molar-refractivity contribution in [2.24, 2.45) is 0 Å². The summed E-state index contributed by atoms with van der Waals surface area (Å²) in [5.41, 5.74) is 9.05. The van der Waals surface area contributed by atoms with Crippen molar-refractivity contribution < 1.29 is 4.39 Å². The lowest BCUT2D eigenvalue weighted by Gasteiger charge is -2.08. The molecule has 2 aromatic carbocycles. The molecule has 1 nitrogen and oxygen atoms in total. The molecule has 0 spiro atoms. The van der Waals surface area contributed by atoms with E-state index >= 15 is 0 Å². The van der Waals surface area contributed by atoms with E-state index < -0.39 is 0 Å². The molecule has 0 aliphatic rings. The van der Waals surface area contributed by atoms with Gasteiger partial charge in [0, 0.05) is 0 Å². The SMILES string of the molecule is CC(C)c1ccc(-c2ccc(F)c(N)c2)cc1. The van der Waals surface area contributed by atoms with Gasteiger partial charge in [0.1, 0.15) is 5.82 Å². The first-order chi connectivity index (χ1) is 8.08. The van der Waals surface area contributed by atoms with Gasteiger partial charge in [-0.3, -0.25) is 0 Å². The smallest absolute Gasteiger partial charge is 0.146 e. The second-order valence-electron chi connectivity index (χ2n) is 4.51. The molecule has 2 rings (SSSR count). The van der Waals surface area contributed by atoms with E-state index in [9.17, 15) is 4.39 Å². The number of hydrogen-bond acceptors (Lipinski definition) is 1. The molecule has 0 amide bonds. The van der Waals surface area contributed by atoms with Crippen LogP contribution in [0.5, 0.6) is 0 Å². The molecule has 0 atom stereocenters. The van der Waals surface area contributed by atoms with Gasteiger partial charge in [0.15, 0.2) is 0 Å². The second-order valence-corrected chi connectivity index (χ2v) is 4.51. The van der Waals surface area contributed by atoms with Crippen molar-refractivity contribution in [3.05, 3.63) is 53.8 Å². The molecule has 0 saturated heterocycles. The van der Waals surface area contributed by atoms with Gasteiger partial charge in [0.25, 0.3) is 0 Å². The third-order valence-corrected chi connectivity index (χ3v) is 2.91. The van der Waals surface area contributed by atoms with Crippen molar-refractivity contribution in [1.82, 2.24) is 0 Å². The Morgan fingerprint density at radius 3 is 2.06 bits per heavy atom. The summed E-state index contributed by atoms with van der Waals surface area (Å²) in [6.07, 6.45) is 0. The van der Waals surface area contributed by atoms with Crippen LogP contribution < -0.4 is 5.73 Å². The van der Waals surface area contributed by atoms with E-state index in [-0.39, 0.29) is 11.5 Å². The zero-order valence-corrected chi connectivity index (χ0v) is 10.1. The highest BCUT2D eigenvalue weighted by Crippen LogP contribution is 2.25. The van der Waals surface area contributed by atoms with Crippen molar-refractivity contribution in [1.29, 1.82) is 0 Å². The van der Waals surface area contributed by atoms with Crippen LogP contribution >= 0.6 is 0 Å². The summed E-state index contributed by atoms with van der Waals surface area (Å²) >= 11 is 0. The zero-order valence-electron chi connectivity index (χ0n) is 10.1. The summed E-state index contributed by atoms with van der Waals surface area (Å²) in [6.45, 7) is 4.32. The van der Waals surface area contributed by atoms with Crippen LogP contribution in [0, 0.1) is 5.82 Å². The summed E-state index contributed by atoms with van der Waals surface area (Å²) in [7, 11) is 0.